The van der Waals surface area contributed by atoms with Gasteiger partial charge in [-0.3, -0.25) is 9.67 Å². The van der Waals surface area contributed by atoms with Crippen molar-refractivity contribution in [2.45, 2.75) is 45.1 Å². The summed E-state index contributed by atoms with van der Waals surface area (Å²) in [6.45, 7) is 10.0. The van der Waals surface area contributed by atoms with Gasteiger partial charge in [0.15, 0.2) is 5.96 Å². The maximum atomic E-state index is 5.97. The Labute approximate surface area is 186 Å². The number of guanidine groups is 1. The van der Waals surface area contributed by atoms with Gasteiger partial charge in [-0.25, -0.2) is 0 Å². The molecule has 2 aliphatic heterocycles. The molecule has 8 heteroatoms. The summed E-state index contributed by atoms with van der Waals surface area (Å²) in [5.41, 5.74) is 1.14. The number of aliphatic imine (C=N–C) groups is 1. The summed E-state index contributed by atoms with van der Waals surface area (Å²) in [7, 11) is 1.94. The zero-order valence-electron chi connectivity index (χ0n) is 17.5. The van der Waals surface area contributed by atoms with E-state index in [0.717, 1.165) is 50.7 Å². The number of ether oxygens (including phenoxy) is 1. The number of hydrogen-bond donors (Lipinski definition) is 1. The highest BCUT2D eigenvalue weighted by molar-refractivity contribution is 14.0. The monoisotopic (exact) mass is 504 g/mol. The van der Waals surface area contributed by atoms with Crippen LogP contribution in [0.15, 0.2) is 17.4 Å². The number of halogens is 1. The molecule has 1 atom stereocenters. The van der Waals surface area contributed by atoms with Gasteiger partial charge in [-0.1, -0.05) is 12.8 Å². The van der Waals surface area contributed by atoms with E-state index in [1.54, 1.807) is 0 Å². The highest BCUT2D eigenvalue weighted by atomic mass is 127. The van der Waals surface area contributed by atoms with E-state index >= 15 is 0 Å². The Bertz CT molecular complexity index is 585. The second-order valence-corrected chi connectivity index (χ2v) is 7.60. The van der Waals surface area contributed by atoms with Crippen molar-refractivity contribution in [3.63, 3.8) is 0 Å². The lowest BCUT2D eigenvalue weighted by Crippen LogP contribution is -2.48. The lowest BCUT2D eigenvalue weighted by Gasteiger charge is -2.34. The number of aromatic nitrogens is 2. The van der Waals surface area contributed by atoms with Gasteiger partial charge < -0.3 is 19.9 Å². The zero-order chi connectivity index (χ0) is 18.9. The number of likely N-dealkylation sites (tertiary alicyclic amines) is 1. The number of aryl methyl sites for hydroxylation is 1. The lowest BCUT2D eigenvalue weighted by molar-refractivity contribution is -0.00804. The van der Waals surface area contributed by atoms with Crippen molar-refractivity contribution in [3.8, 4) is 0 Å². The molecule has 2 aliphatic rings. The normalized spacial score (nSPS) is 21.9. The van der Waals surface area contributed by atoms with Crippen molar-refractivity contribution in [2.24, 2.45) is 12.0 Å². The zero-order valence-corrected chi connectivity index (χ0v) is 19.8. The number of nitrogens with one attached hydrogen (secondary N) is 1. The highest BCUT2D eigenvalue weighted by Gasteiger charge is 2.25. The van der Waals surface area contributed by atoms with E-state index in [0.29, 0.717) is 0 Å². The van der Waals surface area contributed by atoms with E-state index < -0.39 is 0 Å². The summed E-state index contributed by atoms with van der Waals surface area (Å²) in [5.74, 6) is 1.02. The molecule has 3 heterocycles. The molecule has 0 saturated carbocycles. The molecule has 0 bridgehead atoms. The Kier molecular flexibility index (Phi) is 10.6. The fraction of sp³-hybridized carbons (Fsp3) is 0.800. The maximum Gasteiger partial charge on any atom is 0.194 e. The molecule has 1 aromatic heterocycles. The molecule has 3 rings (SSSR count). The minimum Gasteiger partial charge on any atom is -0.370 e. The molecule has 0 amide bonds. The molecule has 2 fully saturated rings. The van der Waals surface area contributed by atoms with Crippen LogP contribution in [-0.4, -0.2) is 78.0 Å². The Morgan fingerprint density at radius 2 is 2.04 bits per heavy atom. The average molecular weight is 504 g/mol. The van der Waals surface area contributed by atoms with Crippen molar-refractivity contribution in [1.29, 1.82) is 0 Å². The molecule has 1 aromatic rings. The lowest BCUT2D eigenvalue weighted by atomic mass is 10.1. The van der Waals surface area contributed by atoms with Crippen LogP contribution in [0.4, 0.5) is 0 Å². The second-order valence-electron chi connectivity index (χ2n) is 7.60. The molecule has 0 radical (unpaired) electrons. The standard InChI is InChI=1S/C20H36N6O.HI/c1-3-21-20(22-9-8-12-25-10-6-4-5-7-11-25)26-13-14-27-19(17-26)18-15-23-24(2)16-18;/h15-16,19H,3-14,17H2,1-2H3,(H,21,22);1H. The smallest absolute Gasteiger partial charge is 0.194 e. The minimum atomic E-state index is 0. The van der Waals surface area contributed by atoms with E-state index in [9.17, 15) is 0 Å². The van der Waals surface area contributed by atoms with E-state index in [2.05, 4.69) is 27.1 Å². The molecule has 0 aromatic carbocycles. The third kappa shape index (κ3) is 7.18. The minimum absolute atomic E-state index is 0. The van der Waals surface area contributed by atoms with Crippen LogP contribution in [0.5, 0.6) is 0 Å². The third-order valence-corrected chi connectivity index (χ3v) is 5.39. The van der Waals surface area contributed by atoms with Gasteiger partial charge in [-0.2, -0.15) is 5.10 Å². The van der Waals surface area contributed by atoms with Gasteiger partial charge in [0.1, 0.15) is 6.10 Å². The molecule has 160 valence electrons. The molecule has 2 saturated heterocycles. The van der Waals surface area contributed by atoms with E-state index in [1.807, 2.05) is 24.1 Å². The van der Waals surface area contributed by atoms with Crippen molar-refractivity contribution in [3.05, 3.63) is 18.0 Å². The Hall–Kier alpha value is -0.870. The van der Waals surface area contributed by atoms with Crippen LogP contribution in [-0.2, 0) is 11.8 Å². The van der Waals surface area contributed by atoms with Crippen LogP contribution in [0.25, 0.3) is 0 Å². The fourth-order valence-corrected chi connectivity index (χ4v) is 3.91. The molecular weight excluding hydrogens is 467 g/mol. The molecule has 0 aliphatic carbocycles. The van der Waals surface area contributed by atoms with Crippen LogP contribution in [0.3, 0.4) is 0 Å². The first-order valence-electron chi connectivity index (χ1n) is 10.6. The molecular formula is C20H37IN6O. The summed E-state index contributed by atoms with van der Waals surface area (Å²) in [6.07, 6.45) is 10.6. The van der Waals surface area contributed by atoms with Crippen molar-refractivity contribution in [1.82, 2.24) is 24.9 Å². The van der Waals surface area contributed by atoms with Crippen LogP contribution in [0, 0.1) is 0 Å². The van der Waals surface area contributed by atoms with Crippen molar-refractivity contribution in [2.75, 3.05) is 52.4 Å². The van der Waals surface area contributed by atoms with Crippen LogP contribution < -0.4 is 5.32 Å². The molecule has 1 N–H and O–H groups in total. The first-order valence-corrected chi connectivity index (χ1v) is 10.6. The first kappa shape index (κ1) is 23.4. The van der Waals surface area contributed by atoms with E-state index in [4.69, 9.17) is 9.73 Å². The number of nitrogens with zero attached hydrogens (tertiary/aromatic N) is 5. The van der Waals surface area contributed by atoms with Crippen LogP contribution in [0.2, 0.25) is 0 Å². The summed E-state index contributed by atoms with van der Waals surface area (Å²) in [5, 5.41) is 7.74. The van der Waals surface area contributed by atoms with Crippen LogP contribution in [0.1, 0.15) is 50.7 Å². The Morgan fingerprint density at radius 3 is 2.71 bits per heavy atom. The second kappa shape index (κ2) is 12.6. The quantitative estimate of drug-likeness (QED) is 0.280. The van der Waals surface area contributed by atoms with E-state index in [-0.39, 0.29) is 30.1 Å². The largest absolute Gasteiger partial charge is 0.370 e. The highest BCUT2D eigenvalue weighted by Crippen LogP contribution is 2.21. The van der Waals surface area contributed by atoms with Gasteiger partial charge in [-0.05, 0) is 45.8 Å². The number of morpholine rings is 1. The van der Waals surface area contributed by atoms with Gasteiger partial charge in [0.25, 0.3) is 0 Å². The number of rotatable bonds is 6. The van der Waals surface area contributed by atoms with Crippen LogP contribution >= 0.6 is 24.0 Å². The third-order valence-electron chi connectivity index (χ3n) is 5.39. The van der Waals surface area contributed by atoms with Gasteiger partial charge >= 0.3 is 0 Å². The van der Waals surface area contributed by atoms with Gasteiger partial charge in [-0.15, -0.1) is 24.0 Å². The topological polar surface area (TPSA) is 57.9 Å². The summed E-state index contributed by atoms with van der Waals surface area (Å²) >= 11 is 0. The first-order chi connectivity index (χ1) is 13.3. The predicted molar refractivity (Wildman–Crippen MR) is 124 cm³/mol. The van der Waals surface area contributed by atoms with Gasteiger partial charge in [0, 0.05) is 38.4 Å². The summed E-state index contributed by atoms with van der Waals surface area (Å²) in [4.78, 5) is 9.85. The van der Waals surface area contributed by atoms with Crippen molar-refractivity contribution < 1.29 is 4.74 Å². The molecule has 28 heavy (non-hydrogen) atoms. The molecule has 7 nitrogen and oxygen atoms in total. The molecule has 0 spiro atoms. The maximum absolute atomic E-state index is 5.97. The predicted octanol–water partition coefficient (Wildman–Crippen LogP) is 2.64. The van der Waals surface area contributed by atoms with E-state index in [1.165, 1.54) is 45.3 Å². The van der Waals surface area contributed by atoms with Crippen molar-refractivity contribution >= 4 is 29.9 Å². The van der Waals surface area contributed by atoms with Gasteiger partial charge in [0.2, 0.25) is 0 Å². The molecule has 1 unspecified atom stereocenters. The Balaban J connectivity index is 0.00000280. The summed E-state index contributed by atoms with van der Waals surface area (Å²) in [6, 6.07) is 0. The SMILES string of the molecule is CCNC(=NCCCN1CCCCCC1)N1CCOC(c2cnn(C)c2)C1.I. The average Bonchev–Trinajstić information content (AvgIpc) is 2.96. The number of hydrogen-bond acceptors (Lipinski definition) is 4. The fourth-order valence-electron chi connectivity index (χ4n) is 3.91. The summed E-state index contributed by atoms with van der Waals surface area (Å²) < 4.78 is 7.80. The van der Waals surface area contributed by atoms with Gasteiger partial charge in [0.05, 0.1) is 19.3 Å². The Morgan fingerprint density at radius 1 is 1.25 bits per heavy atom.